The van der Waals surface area contributed by atoms with Gasteiger partial charge in [0.1, 0.15) is 5.75 Å². The molecule has 1 aromatic carbocycles. The van der Waals surface area contributed by atoms with Crippen LogP contribution in [0.25, 0.3) is 0 Å². The van der Waals surface area contributed by atoms with Gasteiger partial charge < -0.3 is 21.1 Å². The van der Waals surface area contributed by atoms with Crippen LogP contribution < -0.4 is 21.1 Å². The SMILES string of the molecule is CNC(=O)c1cc(OC)ccc1NC(=O)[C@H](C)N. The Morgan fingerprint density at radius 3 is 2.56 bits per heavy atom. The first-order valence-corrected chi connectivity index (χ1v) is 5.46. The Balaban J connectivity index is 3.10. The van der Waals surface area contributed by atoms with Gasteiger partial charge in [-0.3, -0.25) is 9.59 Å². The van der Waals surface area contributed by atoms with E-state index >= 15 is 0 Å². The Hall–Kier alpha value is -2.08. The molecule has 0 aromatic heterocycles. The lowest BCUT2D eigenvalue weighted by atomic mass is 10.1. The molecule has 1 aromatic rings. The standard InChI is InChI=1S/C12H17N3O3/c1-7(13)11(16)15-10-5-4-8(18-3)6-9(10)12(17)14-2/h4-7H,13H2,1-3H3,(H,14,17)(H,15,16)/t7-/m0/s1. The van der Waals surface area contributed by atoms with Crippen LogP contribution in [0.1, 0.15) is 17.3 Å². The summed E-state index contributed by atoms with van der Waals surface area (Å²) in [5.41, 5.74) is 6.19. The third kappa shape index (κ3) is 3.21. The van der Waals surface area contributed by atoms with Crippen LogP contribution in [0.4, 0.5) is 5.69 Å². The van der Waals surface area contributed by atoms with Gasteiger partial charge in [-0.25, -0.2) is 0 Å². The summed E-state index contributed by atoms with van der Waals surface area (Å²) >= 11 is 0. The summed E-state index contributed by atoms with van der Waals surface area (Å²) in [5, 5.41) is 5.09. The molecule has 2 amide bonds. The topological polar surface area (TPSA) is 93.5 Å². The van der Waals surface area contributed by atoms with Crippen molar-refractivity contribution < 1.29 is 14.3 Å². The summed E-state index contributed by atoms with van der Waals surface area (Å²) in [5.74, 6) is -0.133. The van der Waals surface area contributed by atoms with Crippen LogP contribution in [0.5, 0.6) is 5.75 Å². The molecule has 0 radical (unpaired) electrons. The van der Waals surface area contributed by atoms with E-state index in [1.54, 1.807) is 25.1 Å². The Labute approximate surface area is 105 Å². The number of methoxy groups -OCH3 is 1. The van der Waals surface area contributed by atoms with Crippen LogP contribution >= 0.6 is 0 Å². The molecule has 1 rings (SSSR count). The number of hydrogen-bond donors (Lipinski definition) is 3. The van der Waals surface area contributed by atoms with Crippen molar-refractivity contribution in [3.05, 3.63) is 23.8 Å². The molecule has 0 heterocycles. The fourth-order valence-corrected chi connectivity index (χ4v) is 1.33. The first kappa shape index (κ1) is 14.0. The quantitative estimate of drug-likeness (QED) is 0.719. The smallest absolute Gasteiger partial charge is 0.253 e. The highest BCUT2D eigenvalue weighted by Gasteiger charge is 2.15. The number of amides is 2. The molecule has 0 aliphatic carbocycles. The van der Waals surface area contributed by atoms with Crippen molar-refractivity contribution in [2.45, 2.75) is 13.0 Å². The van der Waals surface area contributed by atoms with Gasteiger partial charge in [-0.2, -0.15) is 0 Å². The zero-order chi connectivity index (χ0) is 13.7. The van der Waals surface area contributed by atoms with Crippen LogP contribution in [-0.4, -0.2) is 32.0 Å². The Bertz CT molecular complexity index is 458. The minimum Gasteiger partial charge on any atom is -0.497 e. The maximum absolute atomic E-state index is 11.7. The van der Waals surface area contributed by atoms with E-state index in [9.17, 15) is 9.59 Å². The maximum Gasteiger partial charge on any atom is 0.253 e. The lowest BCUT2D eigenvalue weighted by molar-refractivity contribution is -0.117. The predicted octanol–water partition coefficient (Wildman–Crippen LogP) is 0.340. The molecular formula is C12H17N3O3. The van der Waals surface area contributed by atoms with Crippen molar-refractivity contribution >= 4 is 17.5 Å². The van der Waals surface area contributed by atoms with E-state index in [1.807, 2.05) is 0 Å². The molecule has 4 N–H and O–H groups in total. The number of nitrogens with two attached hydrogens (primary N) is 1. The van der Waals surface area contributed by atoms with E-state index in [1.165, 1.54) is 14.2 Å². The molecule has 1 atom stereocenters. The number of anilines is 1. The zero-order valence-corrected chi connectivity index (χ0v) is 10.6. The van der Waals surface area contributed by atoms with Gasteiger partial charge >= 0.3 is 0 Å². The fourth-order valence-electron chi connectivity index (χ4n) is 1.33. The highest BCUT2D eigenvalue weighted by molar-refractivity contribution is 6.04. The summed E-state index contributed by atoms with van der Waals surface area (Å²) in [4.78, 5) is 23.2. The number of carbonyl (C=O) groups excluding carboxylic acids is 2. The van der Waals surface area contributed by atoms with Crippen molar-refractivity contribution in [1.82, 2.24) is 5.32 Å². The Kier molecular flexibility index (Phi) is 4.67. The predicted molar refractivity (Wildman–Crippen MR) is 68.7 cm³/mol. The third-order valence-electron chi connectivity index (χ3n) is 2.37. The summed E-state index contributed by atoms with van der Waals surface area (Å²) in [7, 11) is 3.02. The van der Waals surface area contributed by atoms with Crippen LogP contribution in [0.15, 0.2) is 18.2 Å². The fraction of sp³-hybridized carbons (Fsp3) is 0.333. The molecule has 6 heteroatoms. The van der Waals surface area contributed by atoms with Gasteiger partial charge in [-0.05, 0) is 25.1 Å². The monoisotopic (exact) mass is 251 g/mol. The van der Waals surface area contributed by atoms with Crippen LogP contribution in [0, 0.1) is 0 Å². The minimum atomic E-state index is -0.648. The van der Waals surface area contributed by atoms with Gasteiger partial charge in [0, 0.05) is 7.05 Å². The summed E-state index contributed by atoms with van der Waals surface area (Å²) in [6.07, 6.45) is 0. The van der Waals surface area contributed by atoms with Crippen molar-refractivity contribution in [3.8, 4) is 5.75 Å². The third-order valence-corrected chi connectivity index (χ3v) is 2.37. The molecule has 0 spiro atoms. The van der Waals surface area contributed by atoms with E-state index < -0.39 is 6.04 Å². The highest BCUT2D eigenvalue weighted by Crippen LogP contribution is 2.22. The van der Waals surface area contributed by atoms with Crippen molar-refractivity contribution in [3.63, 3.8) is 0 Å². The van der Waals surface area contributed by atoms with Gasteiger partial charge in [0.25, 0.3) is 5.91 Å². The van der Waals surface area contributed by atoms with Crippen molar-refractivity contribution in [1.29, 1.82) is 0 Å². The molecule has 0 saturated carbocycles. The van der Waals surface area contributed by atoms with Crippen LogP contribution in [-0.2, 0) is 4.79 Å². The van der Waals surface area contributed by atoms with Gasteiger partial charge in [-0.1, -0.05) is 0 Å². The van der Waals surface area contributed by atoms with E-state index in [-0.39, 0.29) is 11.8 Å². The van der Waals surface area contributed by atoms with E-state index in [2.05, 4.69) is 10.6 Å². The molecule has 18 heavy (non-hydrogen) atoms. The number of benzene rings is 1. The van der Waals surface area contributed by atoms with E-state index in [4.69, 9.17) is 10.5 Å². The second-order valence-corrected chi connectivity index (χ2v) is 3.77. The summed E-state index contributed by atoms with van der Waals surface area (Å²) in [6, 6.07) is 4.16. The normalized spacial score (nSPS) is 11.6. The van der Waals surface area contributed by atoms with Gasteiger partial charge in [0.05, 0.1) is 24.4 Å². The molecule has 6 nitrogen and oxygen atoms in total. The van der Waals surface area contributed by atoms with Crippen molar-refractivity contribution in [2.75, 3.05) is 19.5 Å². The lowest BCUT2D eigenvalue weighted by Crippen LogP contribution is -2.33. The Morgan fingerprint density at radius 1 is 1.39 bits per heavy atom. The maximum atomic E-state index is 11.7. The average Bonchev–Trinajstić information content (AvgIpc) is 2.38. The van der Waals surface area contributed by atoms with Gasteiger partial charge in [0.15, 0.2) is 0 Å². The van der Waals surface area contributed by atoms with Gasteiger partial charge in [-0.15, -0.1) is 0 Å². The highest BCUT2D eigenvalue weighted by atomic mass is 16.5. The minimum absolute atomic E-state index is 0.311. The first-order valence-electron chi connectivity index (χ1n) is 5.46. The lowest BCUT2D eigenvalue weighted by Gasteiger charge is -2.13. The zero-order valence-electron chi connectivity index (χ0n) is 10.6. The molecule has 0 fully saturated rings. The molecular weight excluding hydrogens is 234 g/mol. The second kappa shape index (κ2) is 6.02. The second-order valence-electron chi connectivity index (χ2n) is 3.77. The van der Waals surface area contributed by atoms with Crippen LogP contribution in [0.3, 0.4) is 0 Å². The summed E-state index contributed by atoms with van der Waals surface area (Å²) < 4.78 is 5.04. The molecule has 0 aliphatic heterocycles. The molecule has 0 unspecified atom stereocenters. The number of ether oxygens (including phenoxy) is 1. The number of rotatable bonds is 4. The molecule has 0 saturated heterocycles. The Morgan fingerprint density at radius 2 is 2.06 bits per heavy atom. The van der Waals surface area contributed by atoms with Gasteiger partial charge in [0.2, 0.25) is 5.91 Å². The first-order chi connectivity index (χ1) is 8.49. The average molecular weight is 251 g/mol. The van der Waals surface area contributed by atoms with E-state index in [0.717, 1.165) is 0 Å². The number of hydrogen-bond acceptors (Lipinski definition) is 4. The molecule has 0 bridgehead atoms. The number of carbonyl (C=O) groups is 2. The molecule has 0 aliphatic rings. The van der Waals surface area contributed by atoms with E-state index in [0.29, 0.717) is 17.0 Å². The van der Waals surface area contributed by atoms with Crippen LogP contribution in [0.2, 0.25) is 0 Å². The van der Waals surface area contributed by atoms with Crippen molar-refractivity contribution in [2.24, 2.45) is 5.73 Å². The summed E-state index contributed by atoms with van der Waals surface area (Å²) in [6.45, 7) is 1.57. The molecule has 98 valence electrons. The largest absolute Gasteiger partial charge is 0.497 e. The number of nitrogens with one attached hydrogen (secondary N) is 2.